The summed E-state index contributed by atoms with van der Waals surface area (Å²) in [6, 6.07) is 9.15. The van der Waals surface area contributed by atoms with Crippen molar-refractivity contribution < 1.29 is 0 Å². The molecule has 2 atom stereocenters. The molecule has 2 unspecified atom stereocenters. The molecule has 0 heterocycles. The third kappa shape index (κ3) is 1.37. The van der Waals surface area contributed by atoms with Crippen LogP contribution in [0, 0.1) is 5.92 Å². The molecule has 3 rings (SSSR count). The summed E-state index contributed by atoms with van der Waals surface area (Å²) in [4.78, 5) is 0. The van der Waals surface area contributed by atoms with Crippen LogP contribution in [0.5, 0.6) is 0 Å². The molecular formula is C14H18. The molecule has 14 heavy (non-hydrogen) atoms. The number of benzene rings is 1. The smallest absolute Gasteiger partial charge is 0.0159 e. The highest BCUT2D eigenvalue weighted by atomic mass is 14.3. The van der Waals surface area contributed by atoms with E-state index >= 15 is 0 Å². The molecule has 0 heteroatoms. The summed E-state index contributed by atoms with van der Waals surface area (Å²) in [6.45, 7) is 0. The predicted octanol–water partition coefficient (Wildman–Crippen LogP) is 3.91. The molecule has 0 aliphatic heterocycles. The topological polar surface area (TPSA) is 0 Å². The highest BCUT2D eigenvalue weighted by Gasteiger charge is 2.26. The van der Waals surface area contributed by atoms with E-state index in [0.717, 1.165) is 11.8 Å². The summed E-state index contributed by atoms with van der Waals surface area (Å²) in [5.41, 5.74) is 3.33. The van der Waals surface area contributed by atoms with E-state index in [1.54, 1.807) is 11.1 Å². The van der Waals surface area contributed by atoms with E-state index < -0.39 is 0 Å². The zero-order valence-corrected chi connectivity index (χ0v) is 8.71. The Bertz CT molecular complexity index is 327. The fourth-order valence-electron chi connectivity index (χ4n) is 3.32. The van der Waals surface area contributed by atoms with Gasteiger partial charge in [0.2, 0.25) is 0 Å². The fourth-order valence-corrected chi connectivity index (χ4v) is 3.32. The van der Waals surface area contributed by atoms with Crippen LogP contribution in [0.15, 0.2) is 24.3 Å². The van der Waals surface area contributed by atoms with Crippen LogP contribution in [0.25, 0.3) is 0 Å². The van der Waals surface area contributed by atoms with Gasteiger partial charge < -0.3 is 0 Å². The highest BCUT2D eigenvalue weighted by molar-refractivity contribution is 5.32. The molecule has 0 nitrogen and oxygen atoms in total. The van der Waals surface area contributed by atoms with Gasteiger partial charge in [0.1, 0.15) is 0 Å². The maximum absolute atomic E-state index is 2.37. The molecule has 0 N–H and O–H groups in total. The van der Waals surface area contributed by atoms with Crippen molar-refractivity contribution in [2.24, 2.45) is 5.92 Å². The molecule has 0 radical (unpaired) electrons. The second kappa shape index (κ2) is 3.42. The lowest BCUT2D eigenvalue weighted by molar-refractivity contribution is 0.462. The van der Waals surface area contributed by atoms with E-state index in [1.807, 2.05) is 0 Å². The molecule has 0 aromatic heterocycles. The van der Waals surface area contributed by atoms with E-state index in [4.69, 9.17) is 0 Å². The van der Waals surface area contributed by atoms with Gasteiger partial charge in [0.15, 0.2) is 0 Å². The van der Waals surface area contributed by atoms with Crippen LogP contribution >= 0.6 is 0 Å². The first-order valence-corrected chi connectivity index (χ1v) is 6.01. The SMILES string of the molecule is c1ccc2c(c1)CC1CCCC2CC1. The van der Waals surface area contributed by atoms with Crippen molar-refractivity contribution in [3.05, 3.63) is 35.4 Å². The van der Waals surface area contributed by atoms with Gasteiger partial charge >= 0.3 is 0 Å². The molecule has 74 valence electrons. The lowest BCUT2D eigenvalue weighted by Crippen LogP contribution is -2.05. The molecule has 1 aromatic rings. The first-order chi connectivity index (χ1) is 6.93. The van der Waals surface area contributed by atoms with Crippen LogP contribution in [-0.2, 0) is 6.42 Å². The predicted molar refractivity (Wildman–Crippen MR) is 59.5 cm³/mol. The van der Waals surface area contributed by atoms with Crippen LogP contribution in [0.3, 0.4) is 0 Å². The van der Waals surface area contributed by atoms with Gasteiger partial charge in [0.05, 0.1) is 0 Å². The van der Waals surface area contributed by atoms with Gasteiger partial charge in [0.25, 0.3) is 0 Å². The number of hydrogen-bond donors (Lipinski definition) is 0. The first-order valence-electron chi connectivity index (χ1n) is 6.01. The van der Waals surface area contributed by atoms with Crippen molar-refractivity contribution in [3.8, 4) is 0 Å². The van der Waals surface area contributed by atoms with Crippen LogP contribution in [0.1, 0.15) is 49.1 Å². The number of hydrogen-bond acceptors (Lipinski definition) is 0. The minimum Gasteiger partial charge on any atom is -0.0620 e. The van der Waals surface area contributed by atoms with Crippen molar-refractivity contribution in [2.45, 2.75) is 44.4 Å². The lowest BCUT2D eigenvalue weighted by Gasteiger charge is -2.19. The zero-order valence-electron chi connectivity index (χ0n) is 8.71. The fraction of sp³-hybridized carbons (Fsp3) is 0.571. The second-order valence-corrected chi connectivity index (χ2v) is 4.97. The molecule has 1 saturated carbocycles. The Balaban J connectivity index is 2.07. The average Bonchev–Trinajstić information content (AvgIpc) is 2.50. The maximum atomic E-state index is 2.37. The van der Waals surface area contributed by atoms with Gasteiger partial charge in [-0.3, -0.25) is 0 Å². The quantitative estimate of drug-likeness (QED) is 0.576. The van der Waals surface area contributed by atoms with E-state index in [1.165, 1.54) is 38.5 Å². The summed E-state index contributed by atoms with van der Waals surface area (Å²) in [6.07, 6.45) is 8.65. The number of fused-ring (bicyclic) bond motifs is 5. The number of rotatable bonds is 0. The van der Waals surface area contributed by atoms with Crippen LogP contribution < -0.4 is 0 Å². The summed E-state index contributed by atoms with van der Waals surface area (Å²) >= 11 is 0. The summed E-state index contributed by atoms with van der Waals surface area (Å²) in [5.74, 6) is 1.88. The van der Waals surface area contributed by atoms with Crippen LogP contribution in [0.4, 0.5) is 0 Å². The highest BCUT2D eigenvalue weighted by Crippen LogP contribution is 2.40. The minimum atomic E-state index is 0.888. The molecule has 0 saturated heterocycles. The Morgan fingerprint density at radius 1 is 0.929 bits per heavy atom. The molecule has 2 aliphatic carbocycles. The second-order valence-electron chi connectivity index (χ2n) is 4.97. The molecule has 0 spiro atoms. The Labute approximate surface area is 86.3 Å². The van der Waals surface area contributed by atoms with Gasteiger partial charge in [-0.2, -0.15) is 0 Å². The van der Waals surface area contributed by atoms with Gasteiger partial charge in [-0.15, -0.1) is 0 Å². The maximum Gasteiger partial charge on any atom is -0.0159 e. The zero-order chi connectivity index (χ0) is 9.38. The molecule has 2 bridgehead atoms. The Morgan fingerprint density at radius 2 is 1.86 bits per heavy atom. The van der Waals surface area contributed by atoms with E-state index in [-0.39, 0.29) is 0 Å². The Morgan fingerprint density at radius 3 is 2.86 bits per heavy atom. The largest absolute Gasteiger partial charge is 0.0620 e. The van der Waals surface area contributed by atoms with Crippen molar-refractivity contribution in [3.63, 3.8) is 0 Å². The van der Waals surface area contributed by atoms with Crippen molar-refractivity contribution in [2.75, 3.05) is 0 Å². The van der Waals surface area contributed by atoms with Gasteiger partial charge in [0, 0.05) is 0 Å². The van der Waals surface area contributed by atoms with Gasteiger partial charge in [-0.25, -0.2) is 0 Å². The van der Waals surface area contributed by atoms with Gasteiger partial charge in [-0.05, 0) is 48.6 Å². The van der Waals surface area contributed by atoms with E-state index in [0.29, 0.717) is 0 Å². The molecule has 2 aliphatic rings. The average molecular weight is 186 g/mol. The summed E-state index contributed by atoms with van der Waals surface area (Å²) in [7, 11) is 0. The Kier molecular flexibility index (Phi) is 2.08. The lowest BCUT2D eigenvalue weighted by atomic mass is 9.86. The van der Waals surface area contributed by atoms with Crippen LogP contribution in [0.2, 0.25) is 0 Å². The first kappa shape index (κ1) is 8.52. The Hall–Kier alpha value is -0.780. The third-order valence-corrected chi connectivity index (χ3v) is 4.09. The van der Waals surface area contributed by atoms with Crippen molar-refractivity contribution in [1.82, 2.24) is 0 Å². The molecule has 1 fully saturated rings. The monoisotopic (exact) mass is 186 g/mol. The molecule has 0 amide bonds. The normalized spacial score (nSPS) is 30.6. The molecule has 1 aromatic carbocycles. The standard InChI is InChI=1S/C14H18/c1-2-7-14-12-6-3-4-11(8-9-12)10-13(14)5-1/h1-2,5,7,11-12H,3-4,6,8-10H2. The van der Waals surface area contributed by atoms with Gasteiger partial charge in [-0.1, -0.05) is 37.1 Å². The third-order valence-electron chi connectivity index (χ3n) is 4.09. The van der Waals surface area contributed by atoms with Crippen molar-refractivity contribution in [1.29, 1.82) is 0 Å². The van der Waals surface area contributed by atoms with E-state index in [2.05, 4.69) is 24.3 Å². The van der Waals surface area contributed by atoms with E-state index in [9.17, 15) is 0 Å². The van der Waals surface area contributed by atoms with Crippen LogP contribution in [-0.4, -0.2) is 0 Å². The summed E-state index contributed by atoms with van der Waals surface area (Å²) in [5, 5.41) is 0. The minimum absolute atomic E-state index is 0.888. The van der Waals surface area contributed by atoms with Crippen molar-refractivity contribution >= 4 is 0 Å². The molecular weight excluding hydrogens is 168 g/mol. The summed E-state index contributed by atoms with van der Waals surface area (Å²) < 4.78 is 0.